The second-order valence-electron chi connectivity index (χ2n) is 7.41. The predicted octanol–water partition coefficient (Wildman–Crippen LogP) is 5.75. The van der Waals surface area contributed by atoms with Crippen molar-refractivity contribution in [1.82, 2.24) is 4.98 Å². The molecule has 0 aliphatic heterocycles. The highest BCUT2D eigenvalue weighted by molar-refractivity contribution is 7.22. The highest BCUT2D eigenvalue weighted by Crippen LogP contribution is 2.35. The molecule has 0 saturated carbocycles. The zero-order valence-corrected chi connectivity index (χ0v) is 19.2. The molecular formula is C23H28N4O2S. The Balaban J connectivity index is 1.76. The van der Waals surface area contributed by atoms with Crippen LogP contribution in [0.4, 0.5) is 10.8 Å². The molecule has 0 spiro atoms. The van der Waals surface area contributed by atoms with Gasteiger partial charge in [0.2, 0.25) is 5.13 Å². The lowest BCUT2D eigenvalue weighted by Crippen LogP contribution is -2.21. The number of benzene rings is 2. The molecule has 0 fully saturated rings. The Morgan fingerprint density at radius 3 is 2.67 bits per heavy atom. The van der Waals surface area contributed by atoms with Crippen LogP contribution in [0.25, 0.3) is 10.2 Å². The molecule has 158 valence electrons. The smallest absolute Gasteiger partial charge is 0.262 e. The van der Waals surface area contributed by atoms with Gasteiger partial charge in [-0.15, -0.1) is 0 Å². The molecule has 30 heavy (non-hydrogen) atoms. The molecular weight excluding hydrogens is 396 g/mol. The fourth-order valence-electron chi connectivity index (χ4n) is 3.05. The van der Waals surface area contributed by atoms with Gasteiger partial charge in [0.25, 0.3) is 5.91 Å². The third kappa shape index (κ3) is 4.79. The largest absolute Gasteiger partial charge is 0.483 e. The minimum absolute atomic E-state index is 0.0400. The number of aromatic nitrogens is 1. The number of nitrogens with one attached hydrogen (secondary N) is 2. The first kappa shape index (κ1) is 21.8. The van der Waals surface area contributed by atoms with E-state index in [-0.39, 0.29) is 12.5 Å². The van der Waals surface area contributed by atoms with E-state index in [1.54, 1.807) is 0 Å². The summed E-state index contributed by atoms with van der Waals surface area (Å²) in [7, 11) is 0. The summed E-state index contributed by atoms with van der Waals surface area (Å²) < 4.78 is 6.77. The van der Waals surface area contributed by atoms with Crippen molar-refractivity contribution in [3.8, 4) is 5.75 Å². The number of amides is 1. The van der Waals surface area contributed by atoms with Crippen molar-refractivity contribution in [3.63, 3.8) is 0 Å². The van der Waals surface area contributed by atoms with Crippen LogP contribution in [0.5, 0.6) is 5.75 Å². The van der Waals surface area contributed by atoms with Gasteiger partial charge in [-0.3, -0.25) is 10.2 Å². The first-order valence-corrected chi connectivity index (χ1v) is 10.8. The second kappa shape index (κ2) is 9.26. The fourth-order valence-corrected chi connectivity index (χ4v) is 3.94. The Labute approximate surface area is 181 Å². The number of carbonyl (C=O) groups is 1. The van der Waals surface area contributed by atoms with Gasteiger partial charge in [0.15, 0.2) is 6.61 Å². The third-order valence-corrected chi connectivity index (χ3v) is 6.24. The summed E-state index contributed by atoms with van der Waals surface area (Å²) in [5.41, 5.74) is 9.88. The van der Waals surface area contributed by atoms with E-state index in [0.29, 0.717) is 0 Å². The molecule has 3 rings (SSSR count). The minimum atomic E-state index is -0.188. The summed E-state index contributed by atoms with van der Waals surface area (Å²) in [5, 5.41) is 8.07. The molecule has 2 aromatic carbocycles. The number of anilines is 2. The van der Waals surface area contributed by atoms with Gasteiger partial charge in [0.1, 0.15) is 5.75 Å². The van der Waals surface area contributed by atoms with E-state index in [1.165, 1.54) is 11.3 Å². The maximum Gasteiger partial charge on any atom is 0.262 e. The summed E-state index contributed by atoms with van der Waals surface area (Å²) >= 11 is 1.53. The number of hydrogen-bond donors (Lipinski definition) is 2. The maximum absolute atomic E-state index is 12.6. The van der Waals surface area contributed by atoms with E-state index in [1.807, 2.05) is 58.9 Å². The van der Waals surface area contributed by atoms with Gasteiger partial charge in [-0.2, -0.15) is 5.10 Å². The van der Waals surface area contributed by atoms with Gasteiger partial charge in [0, 0.05) is 11.4 Å². The van der Waals surface area contributed by atoms with Crippen LogP contribution in [0.1, 0.15) is 42.5 Å². The van der Waals surface area contributed by atoms with Crippen molar-refractivity contribution in [3.05, 3.63) is 46.5 Å². The van der Waals surface area contributed by atoms with Crippen LogP contribution in [0.3, 0.4) is 0 Å². The van der Waals surface area contributed by atoms with Crippen molar-refractivity contribution in [2.24, 2.45) is 5.10 Å². The van der Waals surface area contributed by atoms with E-state index < -0.39 is 0 Å². The summed E-state index contributed by atoms with van der Waals surface area (Å²) in [6, 6.07) is 7.82. The average Bonchev–Trinajstić information content (AvgIpc) is 3.13. The van der Waals surface area contributed by atoms with E-state index in [4.69, 9.17) is 4.74 Å². The number of carbonyl (C=O) groups excluding carboxylic acids is 1. The molecule has 0 aliphatic rings. The minimum Gasteiger partial charge on any atom is -0.483 e. The summed E-state index contributed by atoms with van der Waals surface area (Å²) in [6.07, 6.45) is 0.885. The number of ether oxygens (including phenoxy) is 1. The lowest BCUT2D eigenvalue weighted by molar-refractivity contribution is -0.118. The van der Waals surface area contributed by atoms with Crippen LogP contribution in [0.2, 0.25) is 0 Å². The Bertz CT molecular complexity index is 1120. The van der Waals surface area contributed by atoms with E-state index in [0.717, 1.165) is 61.2 Å². The lowest BCUT2D eigenvalue weighted by Gasteiger charge is -2.14. The molecule has 3 aromatic rings. The zero-order valence-electron chi connectivity index (χ0n) is 18.3. The van der Waals surface area contributed by atoms with Crippen LogP contribution in [0.15, 0.2) is 29.4 Å². The standard InChI is InChI=1S/C23H28N4O2S/c1-7-15(4)26-27-23-24-18-11-14(3)21(17(6)22(18)30-23)25-20(28)12-29-19-10-8-9-13(2)16(19)5/h8-11H,7,12H2,1-6H3,(H,24,27)(H,25,28)/b26-15+. The number of aryl methyl sites for hydroxylation is 3. The van der Waals surface area contributed by atoms with Crippen LogP contribution in [-0.4, -0.2) is 23.2 Å². The Kier molecular flexibility index (Phi) is 6.72. The molecule has 1 heterocycles. The number of nitrogens with zero attached hydrogens (tertiary/aromatic N) is 2. The lowest BCUT2D eigenvalue weighted by atomic mass is 10.1. The molecule has 0 unspecified atom stereocenters. The number of fused-ring (bicyclic) bond motifs is 1. The van der Waals surface area contributed by atoms with Crippen LogP contribution < -0.4 is 15.5 Å². The summed E-state index contributed by atoms with van der Waals surface area (Å²) in [4.78, 5) is 17.2. The van der Waals surface area contributed by atoms with Crippen LogP contribution >= 0.6 is 11.3 Å². The van der Waals surface area contributed by atoms with Gasteiger partial charge >= 0.3 is 0 Å². The number of rotatable bonds is 7. The fraction of sp³-hybridized carbons (Fsp3) is 0.348. The van der Waals surface area contributed by atoms with Gasteiger partial charge in [0.05, 0.1) is 10.2 Å². The topological polar surface area (TPSA) is 75.6 Å². The Morgan fingerprint density at radius 1 is 1.17 bits per heavy atom. The van der Waals surface area contributed by atoms with Crippen molar-refractivity contribution in [1.29, 1.82) is 0 Å². The first-order chi connectivity index (χ1) is 14.3. The van der Waals surface area contributed by atoms with Crippen molar-refractivity contribution >= 4 is 44.0 Å². The SMILES string of the molecule is CC/C(C)=N/Nc1nc2cc(C)c(NC(=O)COc3cccc(C)c3C)c(C)c2s1. The van der Waals surface area contributed by atoms with Crippen molar-refractivity contribution < 1.29 is 9.53 Å². The van der Waals surface area contributed by atoms with Crippen molar-refractivity contribution in [2.45, 2.75) is 48.0 Å². The maximum atomic E-state index is 12.6. The second-order valence-corrected chi connectivity index (χ2v) is 8.41. The molecule has 0 aliphatic carbocycles. The van der Waals surface area contributed by atoms with Crippen molar-refractivity contribution in [2.75, 3.05) is 17.3 Å². The number of thiazole rings is 1. The van der Waals surface area contributed by atoms with Crippen LogP contribution in [0, 0.1) is 27.7 Å². The van der Waals surface area contributed by atoms with Gasteiger partial charge < -0.3 is 10.1 Å². The average molecular weight is 425 g/mol. The molecule has 1 aromatic heterocycles. The quantitative estimate of drug-likeness (QED) is 0.374. The van der Waals surface area contributed by atoms with Gasteiger partial charge in [-0.05, 0) is 75.4 Å². The number of hydrogen-bond acceptors (Lipinski definition) is 6. The molecule has 0 radical (unpaired) electrons. The van der Waals surface area contributed by atoms with Crippen LogP contribution in [-0.2, 0) is 4.79 Å². The molecule has 0 bridgehead atoms. The first-order valence-electron chi connectivity index (χ1n) is 9.99. The molecule has 0 atom stereocenters. The predicted molar refractivity (Wildman–Crippen MR) is 126 cm³/mol. The molecule has 7 heteroatoms. The van der Waals surface area contributed by atoms with E-state index >= 15 is 0 Å². The highest BCUT2D eigenvalue weighted by Gasteiger charge is 2.15. The Morgan fingerprint density at radius 2 is 1.93 bits per heavy atom. The molecule has 1 amide bonds. The van der Waals surface area contributed by atoms with E-state index in [9.17, 15) is 4.79 Å². The third-order valence-electron chi connectivity index (χ3n) is 5.15. The summed E-state index contributed by atoms with van der Waals surface area (Å²) in [6.45, 7) is 12.0. The normalized spacial score (nSPS) is 11.6. The summed E-state index contributed by atoms with van der Waals surface area (Å²) in [5.74, 6) is 0.544. The molecule has 6 nitrogen and oxygen atoms in total. The Hall–Kier alpha value is -2.93. The van der Waals surface area contributed by atoms with E-state index in [2.05, 4.69) is 27.8 Å². The van der Waals surface area contributed by atoms with Gasteiger partial charge in [-0.25, -0.2) is 4.98 Å². The molecule has 0 saturated heterocycles. The van der Waals surface area contributed by atoms with Gasteiger partial charge in [-0.1, -0.05) is 30.4 Å². The zero-order chi connectivity index (χ0) is 21.8. The highest BCUT2D eigenvalue weighted by atomic mass is 32.1. The number of hydrazone groups is 1. The molecule has 2 N–H and O–H groups in total. The monoisotopic (exact) mass is 424 g/mol.